The Bertz CT molecular complexity index is 595. The van der Waals surface area contributed by atoms with Crippen LogP contribution in [0.4, 0.5) is 0 Å². The normalized spacial score (nSPS) is 24.7. The van der Waals surface area contributed by atoms with Crippen molar-refractivity contribution in [3.8, 4) is 5.75 Å². The van der Waals surface area contributed by atoms with Gasteiger partial charge in [0.15, 0.2) is 0 Å². The Morgan fingerprint density at radius 3 is 2.96 bits per heavy atom. The molecule has 3 rings (SSSR count). The van der Waals surface area contributed by atoms with E-state index in [1.54, 1.807) is 20.4 Å². The topological polar surface area (TPSA) is 54.9 Å². The fourth-order valence-electron chi connectivity index (χ4n) is 4.18. The Morgan fingerprint density at radius 2 is 2.16 bits per heavy atom. The highest BCUT2D eigenvalue weighted by Crippen LogP contribution is 2.39. The van der Waals surface area contributed by atoms with Crippen LogP contribution in [0.3, 0.4) is 0 Å². The molecule has 0 saturated carbocycles. The molecule has 25 heavy (non-hydrogen) atoms. The van der Waals surface area contributed by atoms with Gasteiger partial charge in [0.2, 0.25) is 5.91 Å². The van der Waals surface area contributed by atoms with Crippen molar-refractivity contribution in [3.05, 3.63) is 24.0 Å². The van der Waals surface area contributed by atoms with Gasteiger partial charge in [-0.3, -0.25) is 14.7 Å². The largest absolute Gasteiger partial charge is 0.497 e. The summed E-state index contributed by atoms with van der Waals surface area (Å²) >= 11 is 0. The van der Waals surface area contributed by atoms with E-state index in [-0.39, 0.29) is 11.3 Å². The molecule has 0 unspecified atom stereocenters. The van der Waals surface area contributed by atoms with Crippen LogP contribution in [0.25, 0.3) is 0 Å². The number of amides is 1. The number of methoxy groups -OCH3 is 2. The van der Waals surface area contributed by atoms with Gasteiger partial charge >= 0.3 is 0 Å². The monoisotopic (exact) mass is 347 g/mol. The van der Waals surface area contributed by atoms with Crippen LogP contribution in [-0.4, -0.2) is 67.7 Å². The fraction of sp³-hybridized carbons (Fsp3) is 0.684. The molecule has 1 atom stereocenters. The summed E-state index contributed by atoms with van der Waals surface area (Å²) in [6.45, 7) is 5.13. The second-order valence-corrected chi connectivity index (χ2v) is 7.31. The summed E-state index contributed by atoms with van der Waals surface area (Å²) in [7, 11) is 3.37. The van der Waals surface area contributed by atoms with Crippen LogP contribution in [0.1, 0.15) is 31.4 Å². The maximum Gasteiger partial charge on any atom is 0.222 e. The predicted molar refractivity (Wildman–Crippen MR) is 95.4 cm³/mol. The van der Waals surface area contributed by atoms with Crippen LogP contribution < -0.4 is 4.74 Å². The first-order chi connectivity index (χ1) is 12.1. The van der Waals surface area contributed by atoms with Crippen molar-refractivity contribution < 1.29 is 14.3 Å². The zero-order valence-corrected chi connectivity index (χ0v) is 15.4. The molecule has 2 aliphatic heterocycles. The summed E-state index contributed by atoms with van der Waals surface area (Å²) in [5.41, 5.74) is 1.26. The van der Waals surface area contributed by atoms with Crippen LogP contribution in [0.5, 0.6) is 5.75 Å². The molecular weight excluding hydrogens is 318 g/mol. The van der Waals surface area contributed by atoms with Gasteiger partial charge < -0.3 is 14.4 Å². The number of nitrogens with zero attached hydrogens (tertiary/aromatic N) is 3. The fourth-order valence-corrected chi connectivity index (χ4v) is 4.18. The van der Waals surface area contributed by atoms with Gasteiger partial charge in [0.25, 0.3) is 0 Å². The van der Waals surface area contributed by atoms with Gasteiger partial charge in [0, 0.05) is 57.4 Å². The zero-order chi connectivity index (χ0) is 17.7. The van der Waals surface area contributed by atoms with Crippen molar-refractivity contribution in [3.63, 3.8) is 0 Å². The number of piperidine rings is 2. The molecule has 1 amide bonds. The second kappa shape index (κ2) is 8.15. The van der Waals surface area contributed by atoms with E-state index in [1.165, 1.54) is 12.8 Å². The molecule has 6 nitrogen and oxygen atoms in total. The van der Waals surface area contributed by atoms with E-state index in [9.17, 15) is 4.79 Å². The third-order valence-corrected chi connectivity index (χ3v) is 5.46. The van der Waals surface area contributed by atoms with E-state index in [0.29, 0.717) is 19.6 Å². The van der Waals surface area contributed by atoms with Crippen LogP contribution in [-0.2, 0) is 16.1 Å². The molecule has 2 aliphatic rings. The summed E-state index contributed by atoms with van der Waals surface area (Å²) in [6, 6.07) is 3.89. The molecule has 0 N–H and O–H groups in total. The third kappa shape index (κ3) is 4.50. The Balaban J connectivity index is 1.64. The molecule has 1 aromatic rings. The molecule has 1 spiro atoms. The number of carbonyl (C=O) groups excluding carboxylic acids is 1. The lowest BCUT2D eigenvalue weighted by molar-refractivity contribution is -0.140. The highest BCUT2D eigenvalue weighted by Gasteiger charge is 2.41. The third-order valence-electron chi connectivity index (χ3n) is 5.46. The average Bonchev–Trinajstić information content (AvgIpc) is 2.63. The summed E-state index contributed by atoms with van der Waals surface area (Å²) < 4.78 is 10.5. The quantitative estimate of drug-likeness (QED) is 0.787. The molecule has 0 aliphatic carbocycles. The van der Waals surface area contributed by atoms with Crippen LogP contribution >= 0.6 is 0 Å². The predicted octanol–water partition coefficient (Wildman–Crippen LogP) is 1.94. The number of carbonyl (C=O) groups is 1. The van der Waals surface area contributed by atoms with Gasteiger partial charge in [-0.25, -0.2) is 0 Å². The lowest BCUT2D eigenvalue weighted by Crippen LogP contribution is -2.54. The number of aromatic nitrogens is 1. The first kappa shape index (κ1) is 18.1. The standard InChI is InChI=1S/C19H29N3O3/c1-24-11-10-22-15-19(7-4-18(22)23)6-3-9-21(14-19)13-16-12-17(25-2)5-8-20-16/h5,8,12H,3-4,6-7,9-11,13-15H2,1-2H3/t19-/m0/s1. The van der Waals surface area contributed by atoms with E-state index in [1.807, 2.05) is 17.0 Å². The molecule has 0 radical (unpaired) electrons. The Morgan fingerprint density at radius 1 is 1.28 bits per heavy atom. The Labute approximate surface area is 150 Å². The van der Waals surface area contributed by atoms with E-state index in [0.717, 1.165) is 44.0 Å². The SMILES string of the molecule is COCCN1C[C@@]2(CCCN(Cc3cc(OC)ccn3)C2)CCC1=O. The summed E-state index contributed by atoms with van der Waals surface area (Å²) in [5.74, 6) is 1.12. The minimum Gasteiger partial charge on any atom is -0.497 e. The van der Waals surface area contributed by atoms with Gasteiger partial charge in [-0.1, -0.05) is 0 Å². The van der Waals surface area contributed by atoms with Crippen molar-refractivity contribution in [1.82, 2.24) is 14.8 Å². The van der Waals surface area contributed by atoms with Crippen LogP contribution in [0.15, 0.2) is 18.3 Å². The smallest absolute Gasteiger partial charge is 0.222 e. The summed E-state index contributed by atoms with van der Waals surface area (Å²) in [5, 5.41) is 0. The lowest BCUT2D eigenvalue weighted by Gasteiger charge is -2.48. The first-order valence-corrected chi connectivity index (χ1v) is 9.12. The Hall–Kier alpha value is -1.66. The molecule has 0 bridgehead atoms. The lowest BCUT2D eigenvalue weighted by atomic mass is 9.73. The van der Waals surface area contributed by atoms with Crippen LogP contribution in [0, 0.1) is 5.41 Å². The van der Waals surface area contributed by atoms with E-state index in [2.05, 4.69) is 9.88 Å². The highest BCUT2D eigenvalue weighted by atomic mass is 16.5. The molecule has 6 heteroatoms. The molecular formula is C19H29N3O3. The molecule has 138 valence electrons. The minimum atomic E-state index is 0.221. The maximum atomic E-state index is 12.2. The van der Waals surface area contributed by atoms with Crippen molar-refractivity contribution in [2.24, 2.45) is 5.41 Å². The molecule has 0 aromatic carbocycles. The number of ether oxygens (including phenoxy) is 2. The van der Waals surface area contributed by atoms with Crippen molar-refractivity contribution >= 4 is 5.91 Å². The highest BCUT2D eigenvalue weighted by molar-refractivity contribution is 5.77. The number of rotatable bonds is 6. The second-order valence-electron chi connectivity index (χ2n) is 7.31. The Kier molecular flexibility index (Phi) is 5.91. The van der Waals surface area contributed by atoms with Crippen molar-refractivity contribution in [2.75, 3.05) is 47.0 Å². The summed E-state index contributed by atoms with van der Waals surface area (Å²) in [6.07, 6.45) is 5.84. The van der Waals surface area contributed by atoms with Gasteiger partial charge in [-0.15, -0.1) is 0 Å². The summed E-state index contributed by atoms with van der Waals surface area (Å²) in [4.78, 5) is 21.2. The van der Waals surface area contributed by atoms with Gasteiger partial charge in [0.1, 0.15) is 5.75 Å². The molecule has 2 fully saturated rings. The molecule has 1 aromatic heterocycles. The first-order valence-electron chi connectivity index (χ1n) is 9.12. The van der Waals surface area contributed by atoms with Crippen molar-refractivity contribution in [1.29, 1.82) is 0 Å². The van der Waals surface area contributed by atoms with Gasteiger partial charge in [-0.05, 0) is 31.9 Å². The molecule has 3 heterocycles. The van der Waals surface area contributed by atoms with E-state index < -0.39 is 0 Å². The minimum absolute atomic E-state index is 0.221. The molecule has 2 saturated heterocycles. The average molecular weight is 347 g/mol. The number of hydrogen-bond donors (Lipinski definition) is 0. The van der Waals surface area contributed by atoms with Crippen molar-refractivity contribution in [2.45, 2.75) is 32.2 Å². The van der Waals surface area contributed by atoms with Gasteiger partial charge in [-0.2, -0.15) is 0 Å². The number of hydrogen-bond acceptors (Lipinski definition) is 5. The van der Waals surface area contributed by atoms with Gasteiger partial charge in [0.05, 0.1) is 19.4 Å². The number of likely N-dealkylation sites (tertiary alicyclic amines) is 2. The van der Waals surface area contributed by atoms with Crippen LogP contribution in [0.2, 0.25) is 0 Å². The zero-order valence-electron chi connectivity index (χ0n) is 15.4. The number of pyridine rings is 1. The van der Waals surface area contributed by atoms with E-state index >= 15 is 0 Å². The van der Waals surface area contributed by atoms with E-state index in [4.69, 9.17) is 9.47 Å². The maximum absolute atomic E-state index is 12.2.